The van der Waals surface area contributed by atoms with Crippen molar-refractivity contribution in [1.82, 2.24) is 0 Å². The van der Waals surface area contributed by atoms with Gasteiger partial charge in [-0.3, -0.25) is 9.59 Å². The van der Waals surface area contributed by atoms with Crippen LogP contribution in [-0.2, 0) is 14.3 Å². The van der Waals surface area contributed by atoms with Crippen LogP contribution in [0.25, 0.3) is 0 Å². The molecule has 0 aromatic rings. The van der Waals surface area contributed by atoms with E-state index in [0.717, 1.165) is 44.9 Å². The number of hydrogen-bond acceptors (Lipinski definition) is 3. The quantitative estimate of drug-likeness (QED) is 0.648. The van der Waals surface area contributed by atoms with Crippen molar-refractivity contribution in [1.29, 1.82) is 0 Å². The first-order valence-corrected chi connectivity index (χ1v) is 10.0. The van der Waals surface area contributed by atoms with Crippen molar-refractivity contribution in [3.05, 3.63) is 12.2 Å². The topological polar surface area (TPSA) is 43.4 Å². The minimum absolute atomic E-state index is 0.0191. The molecule has 0 radical (unpaired) electrons. The number of hydrogen-bond donors (Lipinski definition) is 0. The second-order valence-electron chi connectivity index (χ2n) is 10.1. The molecule has 1 spiro atoms. The van der Waals surface area contributed by atoms with Gasteiger partial charge >= 0.3 is 5.97 Å². The highest BCUT2D eigenvalue weighted by Gasteiger charge is 2.65. The normalized spacial score (nSPS) is 51.4. The third kappa shape index (κ3) is 2.10. The summed E-state index contributed by atoms with van der Waals surface area (Å²) in [6.07, 6.45) is 12.7. The van der Waals surface area contributed by atoms with E-state index in [9.17, 15) is 9.59 Å². The number of carbonyl (C=O) groups excluding carboxylic acids is 2. The van der Waals surface area contributed by atoms with Crippen LogP contribution in [0.5, 0.6) is 0 Å². The fraction of sp³-hybridized carbons (Fsp3) is 0.818. The van der Waals surface area contributed by atoms with Crippen molar-refractivity contribution >= 4 is 11.8 Å². The molecule has 25 heavy (non-hydrogen) atoms. The van der Waals surface area contributed by atoms with E-state index in [-0.39, 0.29) is 27.6 Å². The molecule has 0 aliphatic heterocycles. The lowest BCUT2D eigenvalue weighted by Gasteiger charge is -2.66. The van der Waals surface area contributed by atoms with Crippen LogP contribution in [0.1, 0.15) is 72.1 Å². The average molecular weight is 344 g/mol. The lowest BCUT2D eigenvalue weighted by Crippen LogP contribution is -2.61. The molecule has 4 aliphatic rings. The molecule has 6 atom stereocenters. The van der Waals surface area contributed by atoms with E-state index in [1.165, 1.54) is 13.5 Å². The van der Waals surface area contributed by atoms with Gasteiger partial charge in [0.05, 0.1) is 12.5 Å². The fourth-order valence-electron chi connectivity index (χ4n) is 7.72. The lowest BCUT2D eigenvalue weighted by molar-refractivity contribution is -0.186. The number of ketones is 1. The first-order chi connectivity index (χ1) is 11.7. The molecule has 0 aromatic carbocycles. The highest BCUT2D eigenvalue weighted by atomic mass is 16.5. The van der Waals surface area contributed by atoms with Crippen LogP contribution >= 0.6 is 0 Å². The van der Waals surface area contributed by atoms with E-state index in [2.05, 4.69) is 26.8 Å². The number of methoxy groups -OCH3 is 1. The van der Waals surface area contributed by atoms with Gasteiger partial charge in [-0.05, 0) is 80.6 Å². The Labute approximate surface area is 151 Å². The van der Waals surface area contributed by atoms with Crippen molar-refractivity contribution < 1.29 is 14.3 Å². The van der Waals surface area contributed by atoms with Crippen LogP contribution in [0.3, 0.4) is 0 Å². The summed E-state index contributed by atoms with van der Waals surface area (Å²) in [6, 6.07) is 0. The summed E-state index contributed by atoms with van der Waals surface area (Å²) < 4.78 is 5.23. The summed E-state index contributed by atoms with van der Waals surface area (Å²) in [5.74, 6) is 1.29. The van der Waals surface area contributed by atoms with E-state index in [1.807, 2.05) is 6.08 Å². The van der Waals surface area contributed by atoms with Crippen LogP contribution in [0.2, 0.25) is 0 Å². The molecule has 3 saturated carbocycles. The van der Waals surface area contributed by atoms with E-state index < -0.39 is 0 Å². The lowest BCUT2D eigenvalue weighted by atomic mass is 9.38. The number of ether oxygens (including phenoxy) is 1. The van der Waals surface area contributed by atoms with E-state index in [0.29, 0.717) is 17.6 Å². The van der Waals surface area contributed by atoms with Gasteiger partial charge in [-0.2, -0.15) is 0 Å². The maximum Gasteiger partial charge on any atom is 0.311 e. The summed E-state index contributed by atoms with van der Waals surface area (Å²) in [4.78, 5) is 25.1. The Bertz CT molecular complexity index is 652. The molecule has 4 aliphatic carbocycles. The molecule has 0 unspecified atom stereocenters. The number of rotatable bonds is 1. The fourth-order valence-corrected chi connectivity index (χ4v) is 7.72. The molecule has 3 nitrogen and oxygen atoms in total. The van der Waals surface area contributed by atoms with Gasteiger partial charge < -0.3 is 4.74 Å². The Morgan fingerprint density at radius 3 is 2.52 bits per heavy atom. The summed E-state index contributed by atoms with van der Waals surface area (Å²) >= 11 is 0. The molecule has 0 N–H and O–H groups in total. The maximum absolute atomic E-state index is 12.7. The smallest absolute Gasteiger partial charge is 0.311 e. The number of esters is 1. The van der Waals surface area contributed by atoms with Crippen molar-refractivity contribution in [2.45, 2.75) is 72.1 Å². The number of allylic oxidation sites excluding steroid dienone is 2. The highest BCUT2D eigenvalue weighted by molar-refractivity contribution is 5.96. The molecular weight excluding hydrogens is 312 g/mol. The minimum atomic E-state index is -0.349. The zero-order chi connectivity index (χ0) is 18.1. The zero-order valence-corrected chi connectivity index (χ0v) is 16.2. The Hall–Kier alpha value is -1.12. The van der Waals surface area contributed by atoms with Crippen LogP contribution in [0.4, 0.5) is 0 Å². The van der Waals surface area contributed by atoms with Crippen molar-refractivity contribution in [3.63, 3.8) is 0 Å². The highest BCUT2D eigenvalue weighted by Crippen LogP contribution is 2.70. The molecule has 3 fully saturated rings. The van der Waals surface area contributed by atoms with Crippen LogP contribution in [-0.4, -0.2) is 18.9 Å². The van der Waals surface area contributed by atoms with Crippen LogP contribution in [0.15, 0.2) is 12.2 Å². The predicted octanol–water partition coefficient (Wildman–Crippen LogP) is 4.70. The maximum atomic E-state index is 12.7. The van der Waals surface area contributed by atoms with Crippen molar-refractivity contribution in [2.24, 2.45) is 33.5 Å². The number of carbonyl (C=O) groups is 2. The molecule has 4 rings (SSSR count). The Morgan fingerprint density at radius 2 is 1.80 bits per heavy atom. The Morgan fingerprint density at radius 1 is 1.08 bits per heavy atom. The van der Waals surface area contributed by atoms with Crippen LogP contribution < -0.4 is 0 Å². The monoisotopic (exact) mass is 344 g/mol. The van der Waals surface area contributed by atoms with Crippen molar-refractivity contribution in [3.8, 4) is 0 Å². The van der Waals surface area contributed by atoms with Gasteiger partial charge in [0.1, 0.15) is 0 Å². The minimum Gasteiger partial charge on any atom is -0.469 e. The SMILES string of the molecule is COC(=O)[C@]1(C)CCC[C@@]2(C)[C@@H]3CC[C@@]4(C)C[C@@]3(C=CC4=O)CC[C@@H]21. The third-order valence-corrected chi connectivity index (χ3v) is 8.88. The first-order valence-electron chi connectivity index (χ1n) is 10.0. The van der Waals surface area contributed by atoms with Gasteiger partial charge in [-0.1, -0.05) is 26.3 Å². The van der Waals surface area contributed by atoms with Gasteiger partial charge in [0.15, 0.2) is 5.78 Å². The second-order valence-corrected chi connectivity index (χ2v) is 10.1. The van der Waals surface area contributed by atoms with E-state index in [4.69, 9.17) is 4.74 Å². The second kappa shape index (κ2) is 5.20. The Balaban J connectivity index is 1.76. The molecule has 138 valence electrons. The summed E-state index contributed by atoms with van der Waals surface area (Å²) in [5.41, 5.74) is -0.168. The average Bonchev–Trinajstić information content (AvgIpc) is 2.57. The molecule has 2 bridgehead atoms. The van der Waals surface area contributed by atoms with Gasteiger partial charge in [-0.25, -0.2) is 0 Å². The Kier molecular flexibility index (Phi) is 3.60. The third-order valence-electron chi connectivity index (χ3n) is 8.88. The van der Waals surface area contributed by atoms with Crippen molar-refractivity contribution in [2.75, 3.05) is 7.11 Å². The predicted molar refractivity (Wildman–Crippen MR) is 96.8 cm³/mol. The van der Waals surface area contributed by atoms with E-state index in [1.54, 1.807) is 0 Å². The summed E-state index contributed by atoms with van der Waals surface area (Å²) in [6.45, 7) is 6.76. The van der Waals surface area contributed by atoms with E-state index >= 15 is 0 Å². The van der Waals surface area contributed by atoms with Gasteiger partial charge in [-0.15, -0.1) is 0 Å². The zero-order valence-electron chi connectivity index (χ0n) is 16.2. The summed E-state index contributed by atoms with van der Waals surface area (Å²) in [5, 5.41) is 0. The molecular formula is C22H32O3. The first kappa shape index (κ1) is 17.3. The van der Waals surface area contributed by atoms with Gasteiger partial charge in [0.25, 0.3) is 0 Å². The molecule has 0 heterocycles. The molecule has 0 saturated heterocycles. The molecule has 0 amide bonds. The van der Waals surface area contributed by atoms with Gasteiger partial charge in [0, 0.05) is 5.41 Å². The summed E-state index contributed by atoms with van der Waals surface area (Å²) in [7, 11) is 1.53. The largest absolute Gasteiger partial charge is 0.469 e. The molecule has 3 heteroatoms. The number of fused-ring (bicyclic) bond motifs is 3. The van der Waals surface area contributed by atoms with Gasteiger partial charge in [0.2, 0.25) is 0 Å². The molecule has 0 aromatic heterocycles. The van der Waals surface area contributed by atoms with Crippen LogP contribution in [0, 0.1) is 33.5 Å². The standard InChI is InChI=1S/C22H32O3/c1-19-11-6-16-20(2)9-5-10-21(3,18(24)25-4)15(20)7-12-22(16,14-19)13-8-17(19)23/h8,13,15-16H,5-7,9-12,14H2,1-4H3/t15-,16-,19-,20+,21+,22-/m0/s1.